The molecule has 1 aromatic carbocycles. The van der Waals surface area contributed by atoms with Gasteiger partial charge in [0.05, 0.1) is 16.0 Å². The summed E-state index contributed by atoms with van der Waals surface area (Å²) in [7, 11) is 1.78. The molecule has 6 nitrogen and oxygen atoms in total. The molecule has 126 valence electrons. The SMILES string of the molecule is CN=C(NCCc1nc2ccccc2[nH]1)NCCc1ncc(C)s1. The van der Waals surface area contributed by atoms with Gasteiger partial charge in [0.25, 0.3) is 0 Å². The monoisotopic (exact) mass is 342 g/mol. The third-order valence-electron chi connectivity index (χ3n) is 3.62. The highest BCUT2D eigenvalue weighted by molar-refractivity contribution is 7.11. The lowest BCUT2D eigenvalue weighted by Gasteiger charge is -2.10. The van der Waals surface area contributed by atoms with Crippen LogP contribution in [0.4, 0.5) is 0 Å². The van der Waals surface area contributed by atoms with Crippen molar-refractivity contribution in [2.75, 3.05) is 20.1 Å². The van der Waals surface area contributed by atoms with Crippen LogP contribution in [0.25, 0.3) is 11.0 Å². The van der Waals surface area contributed by atoms with Crippen LogP contribution in [0.15, 0.2) is 35.5 Å². The number of nitrogens with zero attached hydrogens (tertiary/aromatic N) is 3. The van der Waals surface area contributed by atoms with Crippen LogP contribution in [0.3, 0.4) is 0 Å². The summed E-state index contributed by atoms with van der Waals surface area (Å²) in [6, 6.07) is 8.07. The van der Waals surface area contributed by atoms with E-state index in [4.69, 9.17) is 0 Å². The lowest BCUT2D eigenvalue weighted by atomic mass is 10.3. The van der Waals surface area contributed by atoms with Gasteiger partial charge in [0.2, 0.25) is 0 Å². The fourth-order valence-corrected chi connectivity index (χ4v) is 3.24. The Morgan fingerprint density at radius 2 is 2.00 bits per heavy atom. The second-order valence-electron chi connectivity index (χ2n) is 5.49. The van der Waals surface area contributed by atoms with Gasteiger partial charge in [0.15, 0.2) is 5.96 Å². The molecule has 24 heavy (non-hydrogen) atoms. The summed E-state index contributed by atoms with van der Waals surface area (Å²) in [5.74, 6) is 1.79. The molecule has 2 aromatic heterocycles. The quantitative estimate of drug-likeness (QED) is 0.474. The molecule has 0 spiro atoms. The van der Waals surface area contributed by atoms with Crippen molar-refractivity contribution in [1.82, 2.24) is 25.6 Å². The summed E-state index contributed by atoms with van der Waals surface area (Å²) in [5.41, 5.74) is 2.09. The van der Waals surface area contributed by atoms with Gasteiger partial charge in [0, 0.05) is 44.1 Å². The number of rotatable bonds is 6. The average Bonchev–Trinajstić information content (AvgIpc) is 3.19. The van der Waals surface area contributed by atoms with Crippen LogP contribution in [0.5, 0.6) is 0 Å². The Morgan fingerprint density at radius 3 is 2.71 bits per heavy atom. The molecule has 0 atom stereocenters. The molecule has 0 aliphatic carbocycles. The predicted octanol–water partition coefficient (Wildman–Crippen LogP) is 2.28. The van der Waals surface area contributed by atoms with Crippen LogP contribution in [-0.4, -0.2) is 41.0 Å². The molecule has 3 rings (SSSR count). The maximum Gasteiger partial charge on any atom is 0.191 e. The molecule has 3 aromatic rings. The smallest absolute Gasteiger partial charge is 0.191 e. The van der Waals surface area contributed by atoms with Crippen LogP contribution in [-0.2, 0) is 12.8 Å². The summed E-state index contributed by atoms with van der Waals surface area (Å²) in [6.45, 7) is 3.67. The molecule has 7 heteroatoms. The van der Waals surface area contributed by atoms with E-state index in [1.165, 1.54) is 4.88 Å². The second kappa shape index (κ2) is 7.92. The Balaban J connectivity index is 1.42. The molecule has 0 aliphatic heterocycles. The van der Waals surface area contributed by atoms with Crippen molar-refractivity contribution in [2.45, 2.75) is 19.8 Å². The van der Waals surface area contributed by atoms with E-state index in [1.54, 1.807) is 18.4 Å². The standard InChI is InChI=1S/C17H22N6S/c1-12-11-21-16(24-12)8-10-20-17(18-2)19-9-7-15-22-13-5-3-4-6-14(13)23-15/h3-6,11H,7-10H2,1-2H3,(H,22,23)(H2,18,19,20). The molecule has 0 aliphatic rings. The van der Waals surface area contributed by atoms with Crippen molar-refractivity contribution in [3.63, 3.8) is 0 Å². The van der Waals surface area contributed by atoms with Gasteiger partial charge in [-0.05, 0) is 19.1 Å². The first-order chi connectivity index (χ1) is 11.7. The topological polar surface area (TPSA) is 78.0 Å². The van der Waals surface area contributed by atoms with E-state index in [9.17, 15) is 0 Å². The number of hydrogen-bond acceptors (Lipinski definition) is 4. The highest BCUT2D eigenvalue weighted by Crippen LogP contribution is 2.11. The highest BCUT2D eigenvalue weighted by atomic mass is 32.1. The van der Waals surface area contributed by atoms with E-state index in [1.807, 2.05) is 30.5 Å². The molecule has 0 fully saturated rings. The zero-order valence-corrected chi connectivity index (χ0v) is 14.8. The maximum absolute atomic E-state index is 4.58. The van der Waals surface area contributed by atoms with Crippen molar-refractivity contribution >= 4 is 28.3 Å². The number of thiazole rings is 1. The third kappa shape index (κ3) is 4.32. The number of H-pyrrole nitrogens is 1. The van der Waals surface area contributed by atoms with Gasteiger partial charge in [-0.15, -0.1) is 11.3 Å². The summed E-state index contributed by atoms with van der Waals surface area (Å²) in [6.07, 6.45) is 3.64. The van der Waals surface area contributed by atoms with E-state index in [0.29, 0.717) is 0 Å². The van der Waals surface area contributed by atoms with Gasteiger partial charge in [-0.25, -0.2) is 9.97 Å². The minimum atomic E-state index is 0.774. The minimum Gasteiger partial charge on any atom is -0.356 e. The number of aryl methyl sites for hydroxylation is 1. The van der Waals surface area contributed by atoms with Gasteiger partial charge in [0.1, 0.15) is 5.82 Å². The van der Waals surface area contributed by atoms with E-state index >= 15 is 0 Å². The summed E-state index contributed by atoms with van der Waals surface area (Å²) in [5, 5.41) is 7.78. The average molecular weight is 342 g/mol. The summed E-state index contributed by atoms with van der Waals surface area (Å²) >= 11 is 1.74. The number of imidazole rings is 1. The van der Waals surface area contributed by atoms with E-state index in [0.717, 1.165) is 53.8 Å². The fraction of sp³-hybridized carbons (Fsp3) is 0.353. The van der Waals surface area contributed by atoms with Crippen molar-refractivity contribution in [3.05, 3.63) is 46.2 Å². The molecular formula is C17H22N6S. The fourth-order valence-electron chi connectivity index (χ4n) is 2.45. The Labute approximate surface area is 145 Å². The molecule has 0 radical (unpaired) electrons. The van der Waals surface area contributed by atoms with E-state index in [2.05, 4.69) is 37.5 Å². The first kappa shape index (κ1) is 16.4. The Morgan fingerprint density at radius 1 is 1.21 bits per heavy atom. The van der Waals surface area contributed by atoms with Crippen molar-refractivity contribution in [1.29, 1.82) is 0 Å². The molecular weight excluding hydrogens is 320 g/mol. The Hall–Kier alpha value is -2.41. The number of aromatic nitrogens is 3. The number of hydrogen-bond donors (Lipinski definition) is 3. The maximum atomic E-state index is 4.58. The van der Waals surface area contributed by atoms with Gasteiger partial charge in [-0.3, -0.25) is 4.99 Å². The molecule has 0 saturated heterocycles. The molecule has 3 N–H and O–H groups in total. The predicted molar refractivity (Wildman–Crippen MR) is 99.7 cm³/mol. The number of aliphatic imine (C=N–C) groups is 1. The van der Waals surface area contributed by atoms with Gasteiger partial charge in [-0.1, -0.05) is 12.1 Å². The largest absolute Gasteiger partial charge is 0.356 e. The summed E-state index contributed by atoms with van der Waals surface area (Å²) in [4.78, 5) is 17.8. The molecule has 0 bridgehead atoms. The molecule has 0 amide bonds. The number of para-hydroxylation sites is 2. The first-order valence-electron chi connectivity index (χ1n) is 8.04. The number of fused-ring (bicyclic) bond motifs is 1. The molecule has 2 heterocycles. The minimum absolute atomic E-state index is 0.774. The number of benzene rings is 1. The zero-order chi connectivity index (χ0) is 16.8. The number of nitrogens with one attached hydrogen (secondary N) is 3. The normalized spacial score (nSPS) is 11.8. The van der Waals surface area contributed by atoms with Crippen molar-refractivity contribution in [3.8, 4) is 0 Å². The molecule has 0 saturated carbocycles. The van der Waals surface area contributed by atoms with Crippen molar-refractivity contribution < 1.29 is 0 Å². The first-order valence-corrected chi connectivity index (χ1v) is 8.85. The van der Waals surface area contributed by atoms with Gasteiger partial charge >= 0.3 is 0 Å². The van der Waals surface area contributed by atoms with Gasteiger partial charge in [-0.2, -0.15) is 0 Å². The van der Waals surface area contributed by atoms with Crippen LogP contribution in [0.1, 0.15) is 15.7 Å². The zero-order valence-electron chi connectivity index (χ0n) is 14.0. The molecule has 0 unspecified atom stereocenters. The van der Waals surface area contributed by atoms with Crippen molar-refractivity contribution in [2.24, 2.45) is 4.99 Å². The van der Waals surface area contributed by atoms with Crippen LogP contribution < -0.4 is 10.6 Å². The van der Waals surface area contributed by atoms with Gasteiger partial charge < -0.3 is 15.6 Å². The van der Waals surface area contributed by atoms with Crippen LogP contribution in [0.2, 0.25) is 0 Å². The van der Waals surface area contributed by atoms with E-state index in [-0.39, 0.29) is 0 Å². The Kier molecular flexibility index (Phi) is 5.43. The second-order valence-corrected chi connectivity index (χ2v) is 6.81. The Bertz CT molecular complexity index is 786. The summed E-state index contributed by atoms with van der Waals surface area (Å²) < 4.78 is 0. The van der Waals surface area contributed by atoms with Crippen LogP contribution >= 0.6 is 11.3 Å². The highest BCUT2D eigenvalue weighted by Gasteiger charge is 2.03. The lowest BCUT2D eigenvalue weighted by Crippen LogP contribution is -2.39. The number of aromatic amines is 1. The number of guanidine groups is 1. The van der Waals surface area contributed by atoms with E-state index < -0.39 is 0 Å². The third-order valence-corrected chi connectivity index (χ3v) is 4.59. The lowest BCUT2D eigenvalue weighted by molar-refractivity contribution is 0.768. The van der Waals surface area contributed by atoms with Crippen LogP contribution in [0, 0.1) is 6.92 Å².